The van der Waals surface area contributed by atoms with E-state index in [-0.39, 0.29) is 11.9 Å². The third-order valence-corrected chi connectivity index (χ3v) is 3.23. The number of hydrogen-bond donors (Lipinski definition) is 2. The molecule has 0 aromatic carbocycles. The van der Waals surface area contributed by atoms with Gasteiger partial charge in [-0.15, -0.1) is 0 Å². The van der Waals surface area contributed by atoms with Crippen molar-refractivity contribution in [2.45, 2.75) is 18.9 Å². The number of carbonyl (C=O) groups excluding carboxylic acids is 1. The summed E-state index contributed by atoms with van der Waals surface area (Å²) in [6.45, 7) is 1.00. The highest BCUT2D eigenvalue weighted by Crippen LogP contribution is 2.21. The van der Waals surface area contributed by atoms with Crippen LogP contribution >= 0.6 is 0 Å². The van der Waals surface area contributed by atoms with Crippen LogP contribution in [0, 0.1) is 0 Å². The number of rotatable bonds is 3. The van der Waals surface area contributed by atoms with Gasteiger partial charge in [-0.3, -0.25) is 9.78 Å². The summed E-state index contributed by atoms with van der Waals surface area (Å²) < 4.78 is 0. The van der Waals surface area contributed by atoms with Crippen LogP contribution in [0.25, 0.3) is 0 Å². The minimum Gasteiger partial charge on any atom is -0.309 e. The Morgan fingerprint density at radius 3 is 3.05 bits per heavy atom. The van der Waals surface area contributed by atoms with Crippen molar-refractivity contribution in [2.75, 3.05) is 11.9 Å². The molecule has 0 spiro atoms. The molecule has 0 saturated carbocycles. The van der Waals surface area contributed by atoms with E-state index in [1.165, 1.54) is 12.4 Å². The van der Waals surface area contributed by atoms with Gasteiger partial charge in [-0.1, -0.05) is 6.07 Å². The molecule has 1 aliphatic rings. The lowest BCUT2D eigenvalue weighted by Gasteiger charge is -2.10. The molecule has 2 aromatic heterocycles. The maximum Gasteiger partial charge on any atom is 0.275 e. The number of nitrogens with one attached hydrogen (secondary N) is 2. The van der Waals surface area contributed by atoms with Gasteiger partial charge in [-0.2, -0.15) is 0 Å². The first-order valence-corrected chi connectivity index (χ1v) is 6.60. The van der Waals surface area contributed by atoms with Crippen LogP contribution in [0.3, 0.4) is 0 Å². The maximum atomic E-state index is 12.1. The van der Waals surface area contributed by atoms with Crippen LogP contribution in [-0.2, 0) is 0 Å². The van der Waals surface area contributed by atoms with Crippen molar-refractivity contribution < 1.29 is 4.79 Å². The van der Waals surface area contributed by atoms with E-state index in [1.807, 2.05) is 12.1 Å². The smallest absolute Gasteiger partial charge is 0.275 e. The Balaban J connectivity index is 1.76. The van der Waals surface area contributed by atoms with Crippen molar-refractivity contribution in [3.8, 4) is 0 Å². The average Bonchev–Trinajstić information content (AvgIpc) is 3.03. The number of anilines is 1. The molecule has 102 valence electrons. The van der Waals surface area contributed by atoms with Gasteiger partial charge < -0.3 is 10.6 Å². The highest BCUT2D eigenvalue weighted by atomic mass is 16.1. The second-order valence-corrected chi connectivity index (χ2v) is 4.64. The molecule has 0 radical (unpaired) electrons. The van der Waals surface area contributed by atoms with E-state index >= 15 is 0 Å². The summed E-state index contributed by atoms with van der Waals surface area (Å²) in [6, 6.07) is 5.75. The first-order chi connectivity index (χ1) is 9.83. The van der Waals surface area contributed by atoms with Gasteiger partial charge in [0.15, 0.2) is 5.82 Å². The molecular formula is C14H15N5O. The Bertz CT molecular complexity index is 596. The quantitative estimate of drug-likeness (QED) is 0.883. The summed E-state index contributed by atoms with van der Waals surface area (Å²) in [4.78, 5) is 24.5. The van der Waals surface area contributed by atoms with Gasteiger partial charge in [0.05, 0.1) is 11.9 Å². The van der Waals surface area contributed by atoms with E-state index in [0.717, 1.165) is 25.1 Å². The summed E-state index contributed by atoms with van der Waals surface area (Å²) in [5.74, 6) is 0.147. The van der Waals surface area contributed by atoms with E-state index < -0.39 is 0 Å². The van der Waals surface area contributed by atoms with Gasteiger partial charge in [-0.05, 0) is 31.5 Å². The number of amides is 1. The third-order valence-electron chi connectivity index (χ3n) is 3.23. The van der Waals surface area contributed by atoms with Crippen LogP contribution in [0.5, 0.6) is 0 Å². The van der Waals surface area contributed by atoms with Crippen LogP contribution in [-0.4, -0.2) is 27.4 Å². The molecule has 6 heteroatoms. The summed E-state index contributed by atoms with van der Waals surface area (Å²) in [6.07, 6.45) is 6.78. The monoisotopic (exact) mass is 269 g/mol. The molecule has 6 nitrogen and oxygen atoms in total. The zero-order valence-electron chi connectivity index (χ0n) is 10.9. The topological polar surface area (TPSA) is 79.8 Å². The molecule has 2 aromatic rings. The Hall–Kier alpha value is -2.34. The Labute approximate surface area is 116 Å². The van der Waals surface area contributed by atoms with E-state index in [9.17, 15) is 4.79 Å². The SMILES string of the molecule is O=C(Nc1cnccn1)c1cccc([C@@H]2CCCN2)n1. The summed E-state index contributed by atoms with van der Waals surface area (Å²) in [7, 11) is 0. The van der Waals surface area contributed by atoms with E-state index in [2.05, 4.69) is 25.6 Å². The zero-order valence-corrected chi connectivity index (χ0v) is 10.9. The number of carbonyl (C=O) groups is 1. The molecule has 0 unspecified atom stereocenters. The molecule has 1 saturated heterocycles. The van der Waals surface area contributed by atoms with E-state index in [4.69, 9.17) is 0 Å². The van der Waals surface area contributed by atoms with Crippen molar-refractivity contribution >= 4 is 11.7 Å². The van der Waals surface area contributed by atoms with Crippen molar-refractivity contribution in [1.82, 2.24) is 20.3 Å². The van der Waals surface area contributed by atoms with Crippen molar-refractivity contribution in [3.63, 3.8) is 0 Å². The standard InChI is InChI=1S/C14H15N5O/c20-14(19-13-9-15-7-8-17-13)12-4-1-3-11(18-12)10-5-2-6-16-10/h1,3-4,7-10,16H,2,5-6H2,(H,17,19,20)/t10-/m0/s1. The van der Waals surface area contributed by atoms with Crippen molar-refractivity contribution in [2.24, 2.45) is 0 Å². The molecule has 1 aliphatic heterocycles. The fraction of sp³-hybridized carbons (Fsp3) is 0.286. The highest BCUT2D eigenvalue weighted by molar-refractivity contribution is 6.02. The largest absolute Gasteiger partial charge is 0.309 e. The fourth-order valence-corrected chi connectivity index (χ4v) is 2.25. The normalized spacial score (nSPS) is 17.9. The van der Waals surface area contributed by atoms with Crippen LogP contribution in [0.4, 0.5) is 5.82 Å². The predicted molar refractivity (Wildman–Crippen MR) is 74.2 cm³/mol. The number of pyridine rings is 1. The number of aromatic nitrogens is 3. The van der Waals surface area contributed by atoms with E-state index in [0.29, 0.717) is 11.5 Å². The number of nitrogens with zero attached hydrogens (tertiary/aromatic N) is 3. The van der Waals surface area contributed by atoms with Crippen LogP contribution in [0.15, 0.2) is 36.8 Å². The Morgan fingerprint density at radius 2 is 2.30 bits per heavy atom. The lowest BCUT2D eigenvalue weighted by Crippen LogP contribution is -2.18. The second kappa shape index (κ2) is 5.75. The molecule has 20 heavy (non-hydrogen) atoms. The molecule has 1 atom stereocenters. The van der Waals surface area contributed by atoms with Crippen LogP contribution in [0.1, 0.15) is 35.1 Å². The minimum atomic E-state index is -0.273. The van der Waals surface area contributed by atoms with Crippen molar-refractivity contribution in [1.29, 1.82) is 0 Å². The lowest BCUT2D eigenvalue weighted by atomic mass is 10.1. The molecular weight excluding hydrogens is 254 g/mol. The maximum absolute atomic E-state index is 12.1. The molecule has 3 heterocycles. The predicted octanol–water partition coefficient (Wildman–Crippen LogP) is 1.55. The Kier molecular flexibility index (Phi) is 3.64. The Morgan fingerprint density at radius 1 is 1.35 bits per heavy atom. The van der Waals surface area contributed by atoms with Gasteiger partial charge in [-0.25, -0.2) is 9.97 Å². The molecule has 0 aliphatic carbocycles. The average molecular weight is 269 g/mol. The molecule has 1 fully saturated rings. The zero-order chi connectivity index (χ0) is 13.8. The highest BCUT2D eigenvalue weighted by Gasteiger charge is 2.18. The van der Waals surface area contributed by atoms with E-state index in [1.54, 1.807) is 12.3 Å². The third kappa shape index (κ3) is 2.80. The summed E-state index contributed by atoms with van der Waals surface area (Å²) in [5, 5.41) is 6.05. The van der Waals surface area contributed by atoms with Gasteiger partial charge >= 0.3 is 0 Å². The molecule has 1 amide bonds. The second-order valence-electron chi connectivity index (χ2n) is 4.64. The van der Waals surface area contributed by atoms with Crippen LogP contribution in [0.2, 0.25) is 0 Å². The summed E-state index contributed by atoms with van der Waals surface area (Å²) in [5.41, 5.74) is 1.30. The van der Waals surface area contributed by atoms with Crippen molar-refractivity contribution in [3.05, 3.63) is 48.2 Å². The molecule has 2 N–H and O–H groups in total. The summed E-state index contributed by atoms with van der Waals surface area (Å²) >= 11 is 0. The van der Waals surface area contributed by atoms with Crippen LogP contribution < -0.4 is 10.6 Å². The first-order valence-electron chi connectivity index (χ1n) is 6.60. The van der Waals surface area contributed by atoms with Gasteiger partial charge in [0, 0.05) is 18.4 Å². The fourth-order valence-electron chi connectivity index (χ4n) is 2.25. The van der Waals surface area contributed by atoms with Gasteiger partial charge in [0.25, 0.3) is 5.91 Å². The van der Waals surface area contributed by atoms with Gasteiger partial charge in [0.2, 0.25) is 0 Å². The molecule has 3 rings (SSSR count). The number of hydrogen-bond acceptors (Lipinski definition) is 5. The minimum absolute atomic E-state index is 0.249. The molecule has 0 bridgehead atoms. The first kappa shape index (κ1) is 12.7. The lowest BCUT2D eigenvalue weighted by molar-refractivity contribution is 0.102. The van der Waals surface area contributed by atoms with Gasteiger partial charge in [0.1, 0.15) is 5.69 Å².